The largest absolute Gasteiger partial charge is 0.466 e. The minimum Gasteiger partial charge on any atom is -0.466 e. The van der Waals surface area contributed by atoms with Gasteiger partial charge in [-0.05, 0) is 44.6 Å². The summed E-state index contributed by atoms with van der Waals surface area (Å²) in [4.78, 5) is 22.3. The van der Waals surface area contributed by atoms with Crippen molar-refractivity contribution in [3.8, 4) is 0 Å². The second kappa shape index (κ2) is 21.9. The Labute approximate surface area is 172 Å². The highest BCUT2D eigenvalue weighted by Crippen LogP contribution is 2.07. The Morgan fingerprint density at radius 3 is 1.63 bits per heavy atom. The molecule has 160 valence electrons. The third-order valence-corrected chi connectivity index (χ3v) is 5.38. The summed E-state index contributed by atoms with van der Waals surface area (Å²) in [6.07, 6.45) is 3.80. The maximum atomic E-state index is 11.2. The fourth-order valence-electron chi connectivity index (χ4n) is 2.02. The van der Waals surface area contributed by atoms with Crippen molar-refractivity contribution >= 4 is 35.5 Å². The van der Waals surface area contributed by atoms with Crippen LogP contribution in [0, 0.1) is 0 Å². The number of ether oxygens (including phenoxy) is 4. The number of thioether (sulfide) groups is 2. The van der Waals surface area contributed by atoms with Gasteiger partial charge in [0.05, 0.1) is 39.6 Å². The number of carbonyl (C=O) groups is 2. The average molecular weight is 425 g/mol. The molecule has 0 aliphatic carbocycles. The third-order valence-electron chi connectivity index (χ3n) is 3.32. The van der Waals surface area contributed by atoms with Gasteiger partial charge in [0, 0.05) is 24.3 Å². The molecule has 0 spiro atoms. The highest BCUT2D eigenvalue weighted by molar-refractivity contribution is 7.99. The van der Waals surface area contributed by atoms with Gasteiger partial charge < -0.3 is 18.9 Å². The standard InChI is InChI=1S/C19H36O6S2/c1-3-24-18(20)8-5-6-14-26-16-12-22-10-11-23-13-17-27-15-7-9-19(21)25-4-2/h3-17H2,1-2H3. The lowest BCUT2D eigenvalue weighted by atomic mass is 10.2. The zero-order chi connectivity index (χ0) is 20.0. The van der Waals surface area contributed by atoms with Crippen molar-refractivity contribution in [3.63, 3.8) is 0 Å². The molecule has 0 saturated heterocycles. The minimum atomic E-state index is -0.110. The van der Waals surface area contributed by atoms with E-state index in [2.05, 4.69) is 0 Å². The molecule has 0 aliphatic rings. The van der Waals surface area contributed by atoms with Gasteiger partial charge in [-0.2, -0.15) is 23.5 Å². The Bertz CT molecular complexity index is 323. The van der Waals surface area contributed by atoms with Crippen molar-refractivity contribution in [2.24, 2.45) is 0 Å². The van der Waals surface area contributed by atoms with Crippen LogP contribution in [0.25, 0.3) is 0 Å². The van der Waals surface area contributed by atoms with E-state index in [1.54, 1.807) is 11.8 Å². The van der Waals surface area contributed by atoms with E-state index in [-0.39, 0.29) is 11.9 Å². The summed E-state index contributed by atoms with van der Waals surface area (Å²) in [7, 11) is 0. The molecule has 0 heterocycles. The van der Waals surface area contributed by atoms with Crippen molar-refractivity contribution in [3.05, 3.63) is 0 Å². The lowest BCUT2D eigenvalue weighted by molar-refractivity contribution is -0.144. The Morgan fingerprint density at radius 1 is 0.630 bits per heavy atom. The number of esters is 2. The molecule has 0 aliphatic heterocycles. The SMILES string of the molecule is CCOC(=O)CCCCSCCOCCOCCSCCCC(=O)OCC. The highest BCUT2D eigenvalue weighted by atomic mass is 32.2. The highest BCUT2D eigenvalue weighted by Gasteiger charge is 2.01. The van der Waals surface area contributed by atoms with Crippen LogP contribution in [0.2, 0.25) is 0 Å². The fraction of sp³-hybridized carbons (Fsp3) is 0.895. The Morgan fingerprint density at radius 2 is 1.11 bits per heavy atom. The quantitative estimate of drug-likeness (QED) is 0.217. The summed E-state index contributed by atoms with van der Waals surface area (Å²) >= 11 is 3.64. The first-order valence-corrected chi connectivity index (χ1v) is 12.1. The van der Waals surface area contributed by atoms with Gasteiger partial charge in [-0.25, -0.2) is 0 Å². The molecule has 0 atom stereocenters. The number of carbonyl (C=O) groups excluding carboxylic acids is 2. The summed E-state index contributed by atoms with van der Waals surface area (Å²) in [5.41, 5.74) is 0. The van der Waals surface area contributed by atoms with Crippen LogP contribution >= 0.6 is 23.5 Å². The van der Waals surface area contributed by atoms with Crippen molar-refractivity contribution in [1.82, 2.24) is 0 Å². The van der Waals surface area contributed by atoms with E-state index < -0.39 is 0 Å². The normalized spacial score (nSPS) is 10.7. The van der Waals surface area contributed by atoms with E-state index in [0.29, 0.717) is 45.9 Å². The third kappa shape index (κ3) is 21.7. The lowest BCUT2D eigenvalue weighted by Crippen LogP contribution is -2.08. The van der Waals surface area contributed by atoms with Gasteiger partial charge in [-0.15, -0.1) is 0 Å². The summed E-state index contributed by atoms with van der Waals surface area (Å²) in [6.45, 7) is 7.25. The number of unbranched alkanes of at least 4 members (excludes halogenated alkanes) is 1. The van der Waals surface area contributed by atoms with E-state index in [1.165, 1.54) is 0 Å². The molecule has 0 aromatic rings. The summed E-state index contributed by atoms with van der Waals surface area (Å²) in [6, 6.07) is 0. The fourth-order valence-corrected chi connectivity index (χ4v) is 3.66. The number of rotatable bonds is 20. The molecular weight excluding hydrogens is 388 g/mol. The predicted octanol–water partition coefficient (Wildman–Crippen LogP) is 3.56. The maximum Gasteiger partial charge on any atom is 0.305 e. The van der Waals surface area contributed by atoms with E-state index in [1.807, 2.05) is 25.6 Å². The van der Waals surface area contributed by atoms with Crippen molar-refractivity contribution < 1.29 is 28.5 Å². The molecule has 0 saturated carbocycles. The van der Waals surface area contributed by atoms with Crippen LogP contribution in [-0.4, -0.2) is 74.6 Å². The van der Waals surface area contributed by atoms with E-state index in [0.717, 1.165) is 48.9 Å². The maximum absolute atomic E-state index is 11.2. The van der Waals surface area contributed by atoms with Gasteiger partial charge in [0.25, 0.3) is 0 Å². The van der Waals surface area contributed by atoms with Crippen LogP contribution in [0.1, 0.15) is 46.0 Å². The summed E-state index contributed by atoms with van der Waals surface area (Å²) < 4.78 is 20.8. The Kier molecular flexibility index (Phi) is 21.5. The van der Waals surface area contributed by atoms with Gasteiger partial charge in [-0.3, -0.25) is 9.59 Å². The molecule has 0 aromatic heterocycles. The zero-order valence-corrected chi connectivity index (χ0v) is 18.5. The first-order valence-electron chi connectivity index (χ1n) is 9.82. The Balaban J connectivity index is 3.09. The second-order valence-electron chi connectivity index (χ2n) is 5.62. The topological polar surface area (TPSA) is 71.1 Å². The van der Waals surface area contributed by atoms with Crippen molar-refractivity contribution in [2.45, 2.75) is 46.0 Å². The smallest absolute Gasteiger partial charge is 0.305 e. The van der Waals surface area contributed by atoms with Crippen LogP contribution in [-0.2, 0) is 28.5 Å². The molecule has 6 nitrogen and oxygen atoms in total. The molecule has 0 unspecified atom stereocenters. The molecule has 0 aromatic carbocycles. The molecule has 0 radical (unpaired) electrons. The monoisotopic (exact) mass is 424 g/mol. The average Bonchev–Trinajstić information content (AvgIpc) is 2.64. The summed E-state index contributed by atoms with van der Waals surface area (Å²) in [5, 5.41) is 0. The number of hydrogen-bond acceptors (Lipinski definition) is 8. The lowest BCUT2D eigenvalue weighted by Gasteiger charge is -2.06. The molecule has 0 amide bonds. The minimum absolute atomic E-state index is 0.0964. The Hall–Kier alpha value is -0.440. The summed E-state index contributed by atoms with van der Waals surface area (Å²) in [5.74, 6) is 3.70. The van der Waals surface area contributed by atoms with Crippen LogP contribution in [0.3, 0.4) is 0 Å². The van der Waals surface area contributed by atoms with Crippen molar-refractivity contribution in [2.75, 3.05) is 62.7 Å². The molecule has 0 bridgehead atoms. The van der Waals surface area contributed by atoms with E-state index in [9.17, 15) is 9.59 Å². The van der Waals surface area contributed by atoms with Gasteiger partial charge >= 0.3 is 11.9 Å². The van der Waals surface area contributed by atoms with Crippen LogP contribution in [0.5, 0.6) is 0 Å². The first kappa shape index (κ1) is 26.6. The van der Waals surface area contributed by atoms with Gasteiger partial charge in [-0.1, -0.05) is 0 Å². The zero-order valence-electron chi connectivity index (χ0n) is 16.9. The molecule has 0 rings (SSSR count). The first-order chi connectivity index (χ1) is 13.2. The molecule has 0 N–H and O–H groups in total. The molecule has 8 heteroatoms. The van der Waals surface area contributed by atoms with E-state index in [4.69, 9.17) is 18.9 Å². The second-order valence-corrected chi connectivity index (χ2v) is 8.07. The van der Waals surface area contributed by atoms with Crippen LogP contribution < -0.4 is 0 Å². The predicted molar refractivity (Wildman–Crippen MR) is 113 cm³/mol. The number of hydrogen-bond donors (Lipinski definition) is 0. The molecule has 27 heavy (non-hydrogen) atoms. The molecular formula is C19H36O6S2. The van der Waals surface area contributed by atoms with Crippen molar-refractivity contribution in [1.29, 1.82) is 0 Å². The van der Waals surface area contributed by atoms with E-state index >= 15 is 0 Å². The van der Waals surface area contributed by atoms with Gasteiger partial charge in [0.15, 0.2) is 0 Å². The van der Waals surface area contributed by atoms with Gasteiger partial charge in [0.1, 0.15) is 0 Å². The molecule has 0 fully saturated rings. The van der Waals surface area contributed by atoms with Crippen LogP contribution in [0.4, 0.5) is 0 Å². The van der Waals surface area contributed by atoms with Gasteiger partial charge in [0.2, 0.25) is 0 Å². The van der Waals surface area contributed by atoms with Crippen LogP contribution in [0.15, 0.2) is 0 Å².